The predicted octanol–water partition coefficient (Wildman–Crippen LogP) is 5.52. The van der Waals surface area contributed by atoms with Crippen LogP contribution < -0.4 is 0 Å². The van der Waals surface area contributed by atoms with Gasteiger partial charge in [-0.15, -0.1) is 0 Å². The van der Waals surface area contributed by atoms with Gasteiger partial charge < -0.3 is 18.9 Å². The van der Waals surface area contributed by atoms with Crippen molar-refractivity contribution in [3.05, 3.63) is 0 Å². The van der Waals surface area contributed by atoms with Crippen molar-refractivity contribution in [3.8, 4) is 0 Å². The molecule has 4 heteroatoms. The maximum Gasteiger partial charge on any atom is 0.0631 e. The Morgan fingerprint density at radius 2 is 1.15 bits per heavy atom. The second kappa shape index (κ2) is 12.3. The average molecular weight is 373 g/mol. The molecule has 0 aromatic heterocycles. The van der Waals surface area contributed by atoms with E-state index < -0.39 is 0 Å². The minimum Gasteiger partial charge on any atom is -0.381 e. The molecule has 1 aliphatic carbocycles. The number of ether oxygens (including phenoxy) is 4. The van der Waals surface area contributed by atoms with Gasteiger partial charge in [-0.2, -0.15) is 0 Å². The zero-order chi connectivity index (χ0) is 19.5. The van der Waals surface area contributed by atoms with Crippen LogP contribution in [0.1, 0.15) is 92.9 Å². The lowest BCUT2D eigenvalue weighted by atomic mass is 9.91. The third-order valence-electron chi connectivity index (χ3n) is 4.33. The second-order valence-corrected chi connectivity index (χ2v) is 9.51. The van der Waals surface area contributed by atoms with Crippen LogP contribution in [0, 0.1) is 0 Å². The summed E-state index contributed by atoms with van der Waals surface area (Å²) in [6.07, 6.45) is 9.83. The summed E-state index contributed by atoms with van der Waals surface area (Å²) >= 11 is 0. The molecule has 1 aliphatic rings. The van der Waals surface area contributed by atoms with Crippen LogP contribution in [0.15, 0.2) is 0 Å². The molecule has 0 spiro atoms. The molecule has 0 atom stereocenters. The molecule has 0 amide bonds. The van der Waals surface area contributed by atoms with Crippen molar-refractivity contribution in [2.75, 3.05) is 26.4 Å². The van der Waals surface area contributed by atoms with Gasteiger partial charge in [0.05, 0.1) is 23.4 Å². The lowest BCUT2D eigenvalue weighted by molar-refractivity contribution is -0.148. The molecular weight excluding hydrogens is 328 g/mol. The van der Waals surface area contributed by atoms with Gasteiger partial charge in [-0.3, -0.25) is 0 Å². The van der Waals surface area contributed by atoms with Crippen LogP contribution in [-0.2, 0) is 18.9 Å². The molecule has 1 rings (SSSR count). The van der Waals surface area contributed by atoms with E-state index in [4.69, 9.17) is 18.9 Å². The molecule has 156 valence electrons. The van der Waals surface area contributed by atoms with Crippen molar-refractivity contribution in [3.63, 3.8) is 0 Å². The Balaban J connectivity index is 1.74. The second-order valence-electron chi connectivity index (χ2n) is 9.51. The van der Waals surface area contributed by atoms with Gasteiger partial charge in [0, 0.05) is 26.4 Å². The van der Waals surface area contributed by atoms with E-state index in [1.807, 2.05) is 0 Å². The molecule has 0 saturated heterocycles. The highest BCUT2D eigenvalue weighted by Gasteiger charge is 2.33. The smallest absolute Gasteiger partial charge is 0.0631 e. The van der Waals surface area contributed by atoms with Crippen LogP contribution in [0.3, 0.4) is 0 Å². The maximum absolute atomic E-state index is 5.93. The third-order valence-corrected chi connectivity index (χ3v) is 4.33. The fraction of sp³-hybridized carbons (Fsp3) is 1.00. The van der Waals surface area contributed by atoms with Crippen molar-refractivity contribution in [2.45, 2.75) is 116 Å². The highest BCUT2D eigenvalue weighted by Crippen LogP contribution is 2.30. The van der Waals surface area contributed by atoms with E-state index in [2.05, 4.69) is 41.5 Å². The van der Waals surface area contributed by atoms with Gasteiger partial charge in [-0.05, 0) is 92.9 Å². The minimum atomic E-state index is -0.0319. The Hall–Kier alpha value is -0.160. The summed E-state index contributed by atoms with van der Waals surface area (Å²) in [5, 5.41) is 0. The van der Waals surface area contributed by atoms with Crippen LogP contribution in [0.5, 0.6) is 0 Å². The highest BCUT2D eigenvalue weighted by molar-refractivity contribution is 4.83. The molecule has 4 nitrogen and oxygen atoms in total. The Kier molecular flexibility index (Phi) is 11.3. The van der Waals surface area contributed by atoms with E-state index in [9.17, 15) is 0 Å². The topological polar surface area (TPSA) is 36.9 Å². The van der Waals surface area contributed by atoms with Crippen LogP contribution in [0.25, 0.3) is 0 Å². The summed E-state index contributed by atoms with van der Waals surface area (Å²) in [6.45, 7) is 16.1. The number of hydrogen-bond donors (Lipinski definition) is 0. The van der Waals surface area contributed by atoms with Gasteiger partial charge in [0.2, 0.25) is 0 Å². The van der Waals surface area contributed by atoms with Crippen molar-refractivity contribution in [1.82, 2.24) is 0 Å². The summed E-state index contributed by atoms with van der Waals surface area (Å²) in [4.78, 5) is 0. The molecule has 26 heavy (non-hydrogen) atoms. The van der Waals surface area contributed by atoms with Crippen molar-refractivity contribution >= 4 is 0 Å². The first kappa shape index (κ1) is 23.9. The van der Waals surface area contributed by atoms with E-state index in [1.165, 1.54) is 12.8 Å². The van der Waals surface area contributed by atoms with E-state index in [-0.39, 0.29) is 11.2 Å². The largest absolute Gasteiger partial charge is 0.381 e. The molecule has 1 saturated carbocycles. The summed E-state index contributed by atoms with van der Waals surface area (Å²) in [6, 6.07) is 0. The van der Waals surface area contributed by atoms with Crippen LogP contribution >= 0.6 is 0 Å². The highest BCUT2D eigenvalue weighted by atomic mass is 16.5. The molecule has 0 aromatic carbocycles. The Morgan fingerprint density at radius 3 is 1.69 bits per heavy atom. The molecular formula is C22H44O4. The third kappa shape index (κ3) is 14.0. The number of unbranched alkanes of at least 4 members (excludes halogenated alkanes) is 4. The Morgan fingerprint density at radius 1 is 0.615 bits per heavy atom. The molecule has 0 aromatic rings. The Bertz CT molecular complexity index is 337. The Labute approximate surface area is 162 Å². The maximum atomic E-state index is 5.93. The molecule has 0 N–H and O–H groups in total. The first-order valence-electron chi connectivity index (χ1n) is 10.7. The summed E-state index contributed by atoms with van der Waals surface area (Å²) in [5.74, 6) is 0. The van der Waals surface area contributed by atoms with E-state index in [0.29, 0.717) is 12.2 Å². The van der Waals surface area contributed by atoms with Gasteiger partial charge in [0.25, 0.3) is 0 Å². The molecule has 0 unspecified atom stereocenters. The zero-order valence-corrected chi connectivity index (χ0v) is 18.3. The fourth-order valence-electron chi connectivity index (χ4n) is 2.95. The van der Waals surface area contributed by atoms with Crippen LogP contribution in [-0.4, -0.2) is 49.8 Å². The van der Waals surface area contributed by atoms with Crippen molar-refractivity contribution in [2.24, 2.45) is 0 Å². The average Bonchev–Trinajstić information content (AvgIpc) is 2.46. The predicted molar refractivity (Wildman–Crippen MR) is 108 cm³/mol. The van der Waals surface area contributed by atoms with Crippen LogP contribution in [0.4, 0.5) is 0 Å². The quantitative estimate of drug-likeness (QED) is 0.376. The van der Waals surface area contributed by atoms with Crippen LogP contribution in [0.2, 0.25) is 0 Å². The summed E-state index contributed by atoms with van der Waals surface area (Å²) < 4.78 is 23.2. The number of rotatable bonds is 14. The van der Waals surface area contributed by atoms with E-state index in [1.54, 1.807) is 0 Å². The first-order chi connectivity index (χ1) is 12.2. The zero-order valence-electron chi connectivity index (χ0n) is 18.3. The molecule has 1 fully saturated rings. The normalized spacial score (nSPS) is 21.0. The molecule has 0 heterocycles. The van der Waals surface area contributed by atoms with E-state index in [0.717, 1.165) is 65.0 Å². The molecule has 0 radical (unpaired) electrons. The molecule has 0 aliphatic heterocycles. The molecule has 0 bridgehead atoms. The van der Waals surface area contributed by atoms with Gasteiger partial charge in [-0.25, -0.2) is 0 Å². The van der Waals surface area contributed by atoms with Gasteiger partial charge in [0.1, 0.15) is 0 Å². The fourth-order valence-corrected chi connectivity index (χ4v) is 2.95. The van der Waals surface area contributed by atoms with Gasteiger partial charge >= 0.3 is 0 Å². The van der Waals surface area contributed by atoms with Gasteiger partial charge in [-0.1, -0.05) is 0 Å². The summed E-state index contributed by atoms with van der Waals surface area (Å²) in [7, 11) is 0. The minimum absolute atomic E-state index is 0.0131. The SMILES string of the molecule is CC(C)(C)OCCCCCOCCCCCOC1CC(OC(C)(C)C)C1. The number of hydrogen-bond acceptors (Lipinski definition) is 4. The van der Waals surface area contributed by atoms with E-state index >= 15 is 0 Å². The van der Waals surface area contributed by atoms with Gasteiger partial charge in [0.15, 0.2) is 0 Å². The first-order valence-corrected chi connectivity index (χ1v) is 10.7. The monoisotopic (exact) mass is 372 g/mol. The van der Waals surface area contributed by atoms with Crippen molar-refractivity contribution < 1.29 is 18.9 Å². The standard InChI is InChI=1S/C22H44O4/c1-21(2,3)25-16-12-8-10-14-23-13-9-7-11-15-24-19-17-20(18-19)26-22(4,5)6/h19-20H,7-18H2,1-6H3. The lowest BCUT2D eigenvalue weighted by Gasteiger charge is -2.39. The van der Waals surface area contributed by atoms with Crippen molar-refractivity contribution in [1.29, 1.82) is 0 Å². The summed E-state index contributed by atoms with van der Waals surface area (Å²) in [5.41, 5.74) is -0.0450. The lowest BCUT2D eigenvalue weighted by Crippen LogP contribution is -2.41.